The molecule has 1 fully saturated rings. The number of rotatable bonds is 4. The van der Waals surface area contributed by atoms with Crippen LogP contribution < -0.4 is 0 Å². The molecule has 2 nitrogen and oxygen atoms in total. The lowest BCUT2D eigenvalue weighted by Crippen LogP contribution is -2.32. The van der Waals surface area contributed by atoms with Gasteiger partial charge in [-0.1, -0.05) is 26.2 Å². The molecule has 1 aliphatic carbocycles. The van der Waals surface area contributed by atoms with Crippen molar-refractivity contribution in [3.8, 4) is 0 Å². The van der Waals surface area contributed by atoms with Gasteiger partial charge in [0, 0.05) is 6.42 Å². The van der Waals surface area contributed by atoms with Crippen LogP contribution in [0.2, 0.25) is 0 Å². The number of aliphatic carboxylic acids is 1. The first-order valence-electron chi connectivity index (χ1n) is 5.57. The summed E-state index contributed by atoms with van der Waals surface area (Å²) in [6.07, 6.45) is 4.05. The van der Waals surface area contributed by atoms with Crippen molar-refractivity contribution in [2.24, 2.45) is 11.8 Å². The zero-order valence-electron chi connectivity index (χ0n) is 9.01. The van der Waals surface area contributed by atoms with Gasteiger partial charge < -0.3 is 5.11 Å². The number of carboxylic acids is 1. The molecule has 1 aliphatic rings. The van der Waals surface area contributed by atoms with Crippen LogP contribution in [0.25, 0.3) is 0 Å². The summed E-state index contributed by atoms with van der Waals surface area (Å²) < 4.78 is 25.8. The predicted molar refractivity (Wildman–Crippen MR) is 52.9 cm³/mol. The highest BCUT2D eigenvalue weighted by atomic mass is 19.3. The second kappa shape index (κ2) is 4.90. The fourth-order valence-electron chi connectivity index (χ4n) is 2.29. The van der Waals surface area contributed by atoms with Gasteiger partial charge in [-0.3, -0.25) is 0 Å². The first kappa shape index (κ1) is 12.4. The molecule has 15 heavy (non-hydrogen) atoms. The molecule has 4 heteroatoms. The van der Waals surface area contributed by atoms with Crippen LogP contribution in [0.1, 0.15) is 45.4 Å². The molecule has 0 saturated heterocycles. The monoisotopic (exact) mass is 220 g/mol. The SMILES string of the molecule is CCC1CCC(CC(F)(F)C(=O)O)CC1. The van der Waals surface area contributed by atoms with Crippen LogP contribution >= 0.6 is 0 Å². The lowest BCUT2D eigenvalue weighted by atomic mass is 9.78. The highest BCUT2D eigenvalue weighted by Crippen LogP contribution is 2.36. The molecule has 0 heterocycles. The van der Waals surface area contributed by atoms with Gasteiger partial charge in [-0.05, 0) is 24.7 Å². The Morgan fingerprint density at radius 3 is 2.13 bits per heavy atom. The quantitative estimate of drug-likeness (QED) is 0.789. The van der Waals surface area contributed by atoms with E-state index in [1.54, 1.807) is 0 Å². The van der Waals surface area contributed by atoms with Crippen LogP contribution in [0, 0.1) is 11.8 Å². The molecule has 0 bridgehead atoms. The lowest BCUT2D eigenvalue weighted by Gasteiger charge is -2.29. The van der Waals surface area contributed by atoms with Crippen molar-refractivity contribution in [1.29, 1.82) is 0 Å². The molecule has 88 valence electrons. The van der Waals surface area contributed by atoms with Crippen molar-refractivity contribution < 1.29 is 18.7 Å². The number of halogens is 2. The largest absolute Gasteiger partial charge is 0.477 e. The Morgan fingerprint density at radius 2 is 1.73 bits per heavy atom. The van der Waals surface area contributed by atoms with Gasteiger partial charge >= 0.3 is 11.9 Å². The second-order valence-electron chi connectivity index (χ2n) is 4.51. The topological polar surface area (TPSA) is 37.3 Å². The number of hydrogen-bond donors (Lipinski definition) is 1. The summed E-state index contributed by atoms with van der Waals surface area (Å²) in [6, 6.07) is 0. The van der Waals surface area contributed by atoms with Gasteiger partial charge in [0.25, 0.3) is 0 Å². The maximum atomic E-state index is 12.9. The van der Waals surface area contributed by atoms with Gasteiger partial charge in [-0.15, -0.1) is 0 Å². The summed E-state index contributed by atoms with van der Waals surface area (Å²) >= 11 is 0. The van der Waals surface area contributed by atoms with E-state index in [2.05, 4.69) is 6.92 Å². The minimum absolute atomic E-state index is 0.112. The summed E-state index contributed by atoms with van der Waals surface area (Å²) in [5.41, 5.74) is 0. The maximum absolute atomic E-state index is 12.9. The highest BCUT2D eigenvalue weighted by Gasteiger charge is 2.41. The smallest absolute Gasteiger partial charge is 0.374 e. The summed E-state index contributed by atoms with van der Waals surface area (Å²) in [6.45, 7) is 2.11. The van der Waals surface area contributed by atoms with E-state index < -0.39 is 18.3 Å². The summed E-state index contributed by atoms with van der Waals surface area (Å²) in [7, 11) is 0. The number of carboxylic acid groups (broad SMARTS) is 1. The van der Waals surface area contributed by atoms with Crippen LogP contribution in [0.5, 0.6) is 0 Å². The van der Waals surface area contributed by atoms with E-state index in [9.17, 15) is 13.6 Å². The average Bonchev–Trinajstić information content (AvgIpc) is 2.18. The first-order chi connectivity index (χ1) is 6.95. The molecule has 0 aromatic carbocycles. The lowest BCUT2D eigenvalue weighted by molar-refractivity contribution is -0.167. The minimum Gasteiger partial charge on any atom is -0.477 e. The van der Waals surface area contributed by atoms with Gasteiger partial charge in [-0.2, -0.15) is 8.78 Å². The molecule has 0 amide bonds. The minimum atomic E-state index is -3.54. The zero-order chi connectivity index (χ0) is 11.5. The number of hydrogen-bond acceptors (Lipinski definition) is 1. The normalized spacial score (nSPS) is 27.7. The van der Waals surface area contributed by atoms with Crippen molar-refractivity contribution in [2.45, 2.75) is 51.4 Å². The fourth-order valence-corrected chi connectivity index (χ4v) is 2.29. The Bertz CT molecular complexity index is 221. The third kappa shape index (κ3) is 3.43. The Hall–Kier alpha value is -0.670. The highest BCUT2D eigenvalue weighted by molar-refractivity contribution is 5.75. The third-order valence-electron chi connectivity index (χ3n) is 3.40. The molecule has 0 unspecified atom stereocenters. The molecule has 0 atom stereocenters. The molecule has 1 saturated carbocycles. The number of alkyl halides is 2. The Balaban J connectivity index is 2.38. The molecule has 0 aromatic heterocycles. The van der Waals surface area contributed by atoms with Crippen LogP contribution in [0.15, 0.2) is 0 Å². The van der Waals surface area contributed by atoms with Crippen LogP contribution in [0.3, 0.4) is 0 Å². The molecule has 1 N–H and O–H groups in total. The molecule has 0 aromatic rings. The van der Waals surface area contributed by atoms with E-state index >= 15 is 0 Å². The number of carbonyl (C=O) groups is 1. The van der Waals surface area contributed by atoms with Crippen molar-refractivity contribution >= 4 is 5.97 Å². The van der Waals surface area contributed by atoms with E-state index in [1.807, 2.05) is 0 Å². The molecular weight excluding hydrogens is 202 g/mol. The molecular formula is C11H18F2O2. The van der Waals surface area contributed by atoms with Gasteiger partial charge in [-0.25, -0.2) is 4.79 Å². The third-order valence-corrected chi connectivity index (χ3v) is 3.40. The van der Waals surface area contributed by atoms with Crippen LogP contribution in [0.4, 0.5) is 8.78 Å². The molecule has 1 rings (SSSR count). The Morgan fingerprint density at radius 1 is 1.27 bits per heavy atom. The Labute approximate surface area is 88.7 Å². The van der Waals surface area contributed by atoms with Gasteiger partial charge in [0.1, 0.15) is 0 Å². The fraction of sp³-hybridized carbons (Fsp3) is 0.909. The van der Waals surface area contributed by atoms with Crippen LogP contribution in [-0.2, 0) is 4.79 Å². The standard InChI is InChI=1S/C11H18F2O2/c1-2-8-3-5-9(6-4-8)7-11(12,13)10(14)15/h8-9H,2-7H2,1H3,(H,14,15). The zero-order valence-corrected chi connectivity index (χ0v) is 9.01. The predicted octanol–water partition coefficient (Wildman–Crippen LogP) is 3.31. The first-order valence-corrected chi connectivity index (χ1v) is 5.57. The molecule has 0 spiro atoms. The van der Waals surface area contributed by atoms with Crippen molar-refractivity contribution in [3.63, 3.8) is 0 Å². The summed E-state index contributed by atoms with van der Waals surface area (Å²) in [5.74, 6) is -4.98. The van der Waals surface area contributed by atoms with E-state index in [4.69, 9.17) is 5.11 Å². The van der Waals surface area contributed by atoms with Crippen molar-refractivity contribution in [1.82, 2.24) is 0 Å². The van der Waals surface area contributed by atoms with Crippen molar-refractivity contribution in [2.75, 3.05) is 0 Å². The van der Waals surface area contributed by atoms with Crippen molar-refractivity contribution in [3.05, 3.63) is 0 Å². The molecule has 0 aliphatic heterocycles. The second-order valence-corrected chi connectivity index (χ2v) is 4.51. The van der Waals surface area contributed by atoms with Crippen LogP contribution in [-0.4, -0.2) is 17.0 Å². The summed E-state index contributed by atoms with van der Waals surface area (Å²) in [4.78, 5) is 10.3. The molecule has 0 radical (unpaired) electrons. The summed E-state index contributed by atoms with van der Waals surface area (Å²) in [5, 5.41) is 8.32. The van der Waals surface area contributed by atoms with E-state index in [0.717, 1.165) is 32.1 Å². The van der Waals surface area contributed by atoms with E-state index in [0.29, 0.717) is 5.92 Å². The van der Waals surface area contributed by atoms with Gasteiger partial charge in [0.2, 0.25) is 0 Å². The van der Waals surface area contributed by atoms with Gasteiger partial charge in [0.05, 0.1) is 0 Å². The Kier molecular flexibility index (Phi) is 4.05. The average molecular weight is 220 g/mol. The van der Waals surface area contributed by atoms with E-state index in [-0.39, 0.29) is 5.92 Å². The van der Waals surface area contributed by atoms with Gasteiger partial charge in [0.15, 0.2) is 0 Å². The van der Waals surface area contributed by atoms with E-state index in [1.165, 1.54) is 0 Å². The maximum Gasteiger partial charge on any atom is 0.374 e.